The van der Waals surface area contributed by atoms with E-state index in [2.05, 4.69) is 35.8 Å². The van der Waals surface area contributed by atoms with Crippen LogP contribution in [0.2, 0.25) is 0 Å². The summed E-state index contributed by atoms with van der Waals surface area (Å²) < 4.78 is 2.48. The molecule has 0 bridgehead atoms. The number of hydrogen-bond acceptors (Lipinski definition) is 0. The Balaban J connectivity index is 1.85. The fourth-order valence-corrected chi connectivity index (χ4v) is 5.25. The van der Waals surface area contributed by atoms with Crippen LogP contribution in [0.15, 0.2) is 12.4 Å². The van der Waals surface area contributed by atoms with Gasteiger partial charge in [0.2, 0.25) is 0 Å². The molecule has 200 valence electrons. The Hall–Kier alpha value is -0.790. The van der Waals surface area contributed by atoms with Crippen molar-refractivity contribution in [2.45, 2.75) is 187 Å². The number of nitrogens with one attached hydrogen (secondary N) is 1. The van der Waals surface area contributed by atoms with Crippen LogP contribution < -0.4 is 4.57 Å². The van der Waals surface area contributed by atoms with Crippen molar-refractivity contribution >= 4 is 0 Å². The van der Waals surface area contributed by atoms with Gasteiger partial charge >= 0.3 is 0 Å². The van der Waals surface area contributed by atoms with Gasteiger partial charge in [0, 0.05) is 6.42 Å². The van der Waals surface area contributed by atoms with Crippen molar-refractivity contribution in [1.82, 2.24) is 4.98 Å². The van der Waals surface area contributed by atoms with E-state index in [4.69, 9.17) is 0 Å². The van der Waals surface area contributed by atoms with Gasteiger partial charge < -0.3 is 0 Å². The molecule has 0 aliphatic rings. The summed E-state index contributed by atoms with van der Waals surface area (Å²) >= 11 is 0. The second kappa shape index (κ2) is 25.3. The summed E-state index contributed by atoms with van der Waals surface area (Å²) in [6, 6.07) is 0. The van der Waals surface area contributed by atoms with Crippen LogP contribution in [-0.2, 0) is 13.0 Å². The molecule has 0 unspecified atom stereocenters. The number of nitrogens with zero attached hydrogens (tertiary/aromatic N) is 1. The van der Waals surface area contributed by atoms with E-state index >= 15 is 0 Å². The molecule has 34 heavy (non-hydrogen) atoms. The highest BCUT2D eigenvalue weighted by atomic mass is 15.1. The number of aromatic amines is 1. The van der Waals surface area contributed by atoms with Gasteiger partial charge in [0.25, 0.3) is 5.82 Å². The first kappa shape index (κ1) is 31.2. The first-order valence-electron chi connectivity index (χ1n) is 15.9. The first-order valence-corrected chi connectivity index (χ1v) is 15.9. The topological polar surface area (TPSA) is 19.7 Å². The molecule has 0 saturated heterocycles. The molecule has 2 nitrogen and oxygen atoms in total. The van der Waals surface area contributed by atoms with Crippen molar-refractivity contribution in [2.24, 2.45) is 0 Å². The van der Waals surface area contributed by atoms with E-state index in [1.54, 1.807) is 0 Å². The second-order valence-corrected chi connectivity index (χ2v) is 11.0. The maximum Gasteiger partial charge on any atom is 0.254 e. The molecule has 1 aromatic heterocycles. The molecule has 0 aliphatic carbocycles. The van der Waals surface area contributed by atoms with Crippen LogP contribution in [0.25, 0.3) is 0 Å². The zero-order chi connectivity index (χ0) is 24.4. The van der Waals surface area contributed by atoms with Crippen molar-refractivity contribution in [3.8, 4) is 0 Å². The molecule has 0 aliphatic heterocycles. The normalized spacial score (nSPS) is 11.5. The lowest BCUT2D eigenvalue weighted by Crippen LogP contribution is -2.36. The molecular weight excluding hydrogens is 412 g/mol. The average molecular weight is 476 g/mol. The molecule has 0 atom stereocenters. The third-order valence-electron chi connectivity index (χ3n) is 7.62. The summed E-state index contributed by atoms with van der Waals surface area (Å²) in [4.78, 5) is 3.50. The average Bonchev–Trinajstić information content (AvgIpc) is 3.30. The first-order chi connectivity index (χ1) is 16.9. The zero-order valence-electron chi connectivity index (χ0n) is 23.7. The molecule has 0 amide bonds. The fourth-order valence-electron chi connectivity index (χ4n) is 5.25. The van der Waals surface area contributed by atoms with E-state index in [0.29, 0.717) is 0 Å². The Labute approximate surface area is 215 Å². The van der Waals surface area contributed by atoms with Gasteiger partial charge in [0.05, 0.1) is 6.54 Å². The van der Waals surface area contributed by atoms with E-state index in [-0.39, 0.29) is 0 Å². The predicted octanol–water partition coefficient (Wildman–Crippen LogP) is 10.6. The lowest BCUT2D eigenvalue weighted by molar-refractivity contribution is -0.703. The van der Waals surface area contributed by atoms with Crippen LogP contribution in [0.3, 0.4) is 0 Å². The largest absolute Gasteiger partial charge is 0.254 e. The minimum absolute atomic E-state index is 1.20. The lowest BCUT2D eigenvalue weighted by atomic mass is 10.0. The van der Waals surface area contributed by atoms with Gasteiger partial charge in [-0.05, 0) is 19.3 Å². The van der Waals surface area contributed by atoms with Crippen LogP contribution in [0.1, 0.15) is 180 Å². The highest BCUT2D eigenvalue weighted by Crippen LogP contribution is 2.14. The SMILES string of the molecule is CCCCCCCCCCCCCCCCCC[n+]1cc[nH]c1CCCCCCCCCCC. The second-order valence-electron chi connectivity index (χ2n) is 11.0. The summed E-state index contributed by atoms with van der Waals surface area (Å²) in [6.07, 6.45) is 41.4. The molecule has 0 aromatic carbocycles. The molecular formula is C32H63N2+. The molecule has 2 heteroatoms. The summed E-state index contributed by atoms with van der Waals surface area (Å²) in [5.41, 5.74) is 0. The molecule has 0 radical (unpaired) electrons. The summed E-state index contributed by atoms with van der Waals surface area (Å²) in [6.45, 7) is 5.81. The van der Waals surface area contributed by atoms with E-state index in [1.807, 2.05) is 0 Å². The van der Waals surface area contributed by atoms with Crippen molar-refractivity contribution in [3.63, 3.8) is 0 Å². The Morgan fingerprint density at radius 1 is 0.471 bits per heavy atom. The van der Waals surface area contributed by atoms with Crippen LogP contribution in [0.5, 0.6) is 0 Å². The van der Waals surface area contributed by atoms with E-state index in [1.165, 1.54) is 179 Å². The summed E-state index contributed by atoms with van der Waals surface area (Å²) in [5.74, 6) is 1.45. The number of H-pyrrole nitrogens is 1. The van der Waals surface area contributed by atoms with Crippen LogP contribution in [-0.4, -0.2) is 4.98 Å². The molecule has 0 fully saturated rings. The zero-order valence-corrected chi connectivity index (χ0v) is 23.7. The predicted molar refractivity (Wildman–Crippen MR) is 151 cm³/mol. The smallest absolute Gasteiger partial charge is 0.248 e. The van der Waals surface area contributed by atoms with Crippen molar-refractivity contribution in [1.29, 1.82) is 0 Å². The number of hydrogen-bond donors (Lipinski definition) is 1. The minimum atomic E-state index is 1.20. The third-order valence-corrected chi connectivity index (χ3v) is 7.62. The van der Waals surface area contributed by atoms with E-state index < -0.39 is 0 Å². The van der Waals surface area contributed by atoms with Gasteiger partial charge in [-0.2, -0.15) is 0 Å². The van der Waals surface area contributed by atoms with E-state index in [9.17, 15) is 0 Å². The molecule has 0 spiro atoms. The number of imidazole rings is 1. The maximum absolute atomic E-state index is 3.50. The van der Waals surface area contributed by atoms with Gasteiger partial charge in [-0.1, -0.05) is 155 Å². The Kier molecular flexibility index (Phi) is 23.3. The molecule has 1 rings (SSSR count). The van der Waals surface area contributed by atoms with Gasteiger partial charge in [-0.15, -0.1) is 0 Å². The van der Waals surface area contributed by atoms with Crippen molar-refractivity contribution in [3.05, 3.63) is 18.2 Å². The van der Waals surface area contributed by atoms with Crippen molar-refractivity contribution < 1.29 is 4.57 Å². The lowest BCUT2D eigenvalue weighted by Gasteiger charge is -2.04. The highest BCUT2D eigenvalue weighted by molar-refractivity contribution is 4.77. The number of aryl methyl sites for hydroxylation is 2. The van der Waals surface area contributed by atoms with Gasteiger partial charge in [0.15, 0.2) is 0 Å². The monoisotopic (exact) mass is 475 g/mol. The Morgan fingerprint density at radius 3 is 1.24 bits per heavy atom. The fraction of sp³-hybridized carbons (Fsp3) is 0.906. The van der Waals surface area contributed by atoms with Gasteiger partial charge in [-0.3, -0.25) is 0 Å². The van der Waals surface area contributed by atoms with Gasteiger partial charge in [0.1, 0.15) is 12.4 Å². The summed E-state index contributed by atoms with van der Waals surface area (Å²) in [7, 11) is 0. The maximum atomic E-state index is 3.50. The minimum Gasteiger partial charge on any atom is -0.248 e. The van der Waals surface area contributed by atoms with Crippen LogP contribution in [0.4, 0.5) is 0 Å². The van der Waals surface area contributed by atoms with Crippen LogP contribution in [0, 0.1) is 0 Å². The van der Waals surface area contributed by atoms with E-state index in [0.717, 1.165) is 0 Å². The number of aromatic nitrogens is 2. The van der Waals surface area contributed by atoms with Crippen molar-refractivity contribution in [2.75, 3.05) is 0 Å². The third kappa shape index (κ3) is 19.5. The van der Waals surface area contributed by atoms with Gasteiger partial charge in [-0.25, -0.2) is 9.55 Å². The number of rotatable bonds is 27. The quantitative estimate of drug-likeness (QED) is 0.0964. The molecule has 1 heterocycles. The standard InChI is InChI=1S/C32H62N2/c1-3-5-7-9-11-13-14-15-16-17-18-19-21-23-25-27-30-34-31-29-33-32(34)28-26-24-22-20-12-10-8-6-4-2/h29,31H,3-28,30H2,1-2H3/p+1. The Morgan fingerprint density at radius 2 is 0.824 bits per heavy atom. The Bertz CT molecular complexity index is 507. The van der Waals surface area contributed by atoms with Crippen LogP contribution >= 0.6 is 0 Å². The highest BCUT2D eigenvalue weighted by Gasteiger charge is 2.09. The summed E-state index contributed by atoms with van der Waals surface area (Å²) in [5, 5.41) is 0. The molecule has 1 aromatic rings. The molecule has 1 N–H and O–H groups in total. The molecule has 0 saturated carbocycles. The number of unbranched alkanes of at least 4 members (excludes halogenated alkanes) is 23.